The summed E-state index contributed by atoms with van der Waals surface area (Å²) < 4.78 is 11.7. The molecule has 3 rings (SSSR count). The van der Waals surface area contributed by atoms with E-state index in [0.717, 1.165) is 9.80 Å². The zero-order valence-corrected chi connectivity index (χ0v) is 11.6. The zero-order chi connectivity index (χ0) is 14.9. The molecule has 2 N–H and O–H groups in total. The molecule has 3 saturated heterocycles. The van der Waals surface area contributed by atoms with Crippen molar-refractivity contribution in [2.45, 2.75) is 37.6 Å². The molecule has 3 heterocycles. The average molecular weight is 284 g/mol. The summed E-state index contributed by atoms with van der Waals surface area (Å²) in [6.45, 7) is 3.49. The van der Waals surface area contributed by atoms with Gasteiger partial charge >= 0.3 is 12.1 Å². The number of imide groups is 1. The molecule has 0 aromatic heterocycles. The Kier molecular flexibility index (Phi) is 2.37. The van der Waals surface area contributed by atoms with E-state index >= 15 is 0 Å². The lowest BCUT2D eigenvalue weighted by Gasteiger charge is -2.56. The van der Waals surface area contributed by atoms with Crippen molar-refractivity contribution >= 4 is 18.0 Å². The molecule has 0 aromatic rings. The molecule has 3 aliphatic rings. The molecule has 4 atom stereocenters. The van der Waals surface area contributed by atoms with Gasteiger partial charge in [0.25, 0.3) is 17.5 Å². The number of urea groups is 2. The maximum absolute atomic E-state index is 12.4. The van der Waals surface area contributed by atoms with E-state index in [1.165, 1.54) is 14.1 Å². The Morgan fingerprint density at radius 2 is 1.60 bits per heavy atom. The van der Waals surface area contributed by atoms with Gasteiger partial charge < -0.3 is 9.47 Å². The second kappa shape index (κ2) is 3.61. The third-order valence-electron chi connectivity index (χ3n) is 4.19. The first-order valence-corrected chi connectivity index (χ1v) is 6.27. The first-order valence-electron chi connectivity index (χ1n) is 6.27. The molecule has 0 spiro atoms. The van der Waals surface area contributed by atoms with E-state index in [1.807, 2.05) is 0 Å². The summed E-state index contributed by atoms with van der Waals surface area (Å²) in [5, 5.41) is 4.74. The average Bonchev–Trinajstić information content (AvgIpc) is 2.60. The van der Waals surface area contributed by atoms with Crippen LogP contribution in [0.5, 0.6) is 0 Å². The Morgan fingerprint density at radius 1 is 1.00 bits per heavy atom. The van der Waals surface area contributed by atoms with Crippen molar-refractivity contribution in [3.8, 4) is 0 Å². The van der Waals surface area contributed by atoms with Crippen LogP contribution in [0.4, 0.5) is 9.59 Å². The fraction of sp³-hybridized carbons (Fsp3) is 0.727. The third kappa shape index (κ3) is 1.17. The summed E-state index contributed by atoms with van der Waals surface area (Å²) in [6, 6.07) is -1.21. The Hall–Kier alpha value is -1.87. The fourth-order valence-electron chi connectivity index (χ4n) is 2.84. The van der Waals surface area contributed by atoms with Crippen molar-refractivity contribution in [3.63, 3.8) is 0 Å². The van der Waals surface area contributed by atoms with E-state index in [0.29, 0.717) is 0 Å². The van der Waals surface area contributed by atoms with Crippen LogP contribution in [0.2, 0.25) is 0 Å². The minimum atomic E-state index is -1.74. The Balaban J connectivity index is 2.22. The van der Waals surface area contributed by atoms with Gasteiger partial charge in [0.15, 0.2) is 0 Å². The Labute approximate surface area is 115 Å². The van der Waals surface area contributed by atoms with Crippen LogP contribution < -0.4 is 10.6 Å². The minimum absolute atomic E-state index is 0.406. The number of rotatable bonds is 0. The van der Waals surface area contributed by atoms with E-state index < -0.39 is 41.8 Å². The van der Waals surface area contributed by atoms with Gasteiger partial charge in [0.1, 0.15) is 0 Å². The molecule has 20 heavy (non-hydrogen) atoms. The Bertz CT molecular complexity index is 525. The highest BCUT2D eigenvalue weighted by molar-refractivity contribution is 6.06. The van der Waals surface area contributed by atoms with Gasteiger partial charge in [0.2, 0.25) is 0 Å². The van der Waals surface area contributed by atoms with Crippen LogP contribution in [0, 0.1) is 0 Å². The SMILES string of the molecule is C[C@H]1O[C@@]23C(=O)NC(=O)N(C)[C@@]2(NC(=O)N3C)O[C@@H]1C. The van der Waals surface area contributed by atoms with Crippen LogP contribution in [0.15, 0.2) is 0 Å². The number of ether oxygens (including phenoxy) is 2. The topological polar surface area (TPSA) is 100 Å². The van der Waals surface area contributed by atoms with Gasteiger partial charge in [-0.2, -0.15) is 0 Å². The number of nitrogens with zero attached hydrogens (tertiary/aromatic N) is 2. The summed E-state index contributed by atoms with van der Waals surface area (Å²) in [5.74, 6) is -2.38. The normalized spacial score (nSPS) is 43.9. The number of hydrogen-bond acceptors (Lipinski definition) is 5. The molecule has 110 valence electrons. The smallest absolute Gasteiger partial charge is 0.327 e. The quantitative estimate of drug-likeness (QED) is 0.594. The van der Waals surface area contributed by atoms with E-state index in [9.17, 15) is 14.4 Å². The molecule has 3 fully saturated rings. The van der Waals surface area contributed by atoms with Gasteiger partial charge in [0.05, 0.1) is 12.2 Å². The van der Waals surface area contributed by atoms with Gasteiger partial charge in [-0.1, -0.05) is 0 Å². The minimum Gasteiger partial charge on any atom is -0.336 e. The van der Waals surface area contributed by atoms with Crippen molar-refractivity contribution in [1.82, 2.24) is 20.4 Å². The molecule has 9 heteroatoms. The molecule has 0 bridgehead atoms. The molecule has 0 radical (unpaired) electrons. The van der Waals surface area contributed by atoms with Crippen molar-refractivity contribution in [1.29, 1.82) is 0 Å². The molecule has 5 amide bonds. The number of carbonyl (C=O) groups excluding carboxylic acids is 3. The molecule has 3 aliphatic heterocycles. The molecule has 0 aliphatic carbocycles. The van der Waals surface area contributed by atoms with Crippen LogP contribution in [0.1, 0.15) is 13.8 Å². The fourth-order valence-corrected chi connectivity index (χ4v) is 2.84. The first-order chi connectivity index (χ1) is 9.26. The van der Waals surface area contributed by atoms with E-state index in [4.69, 9.17) is 9.47 Å². The monoisotopic (exact) mass is 284 g/mol. The Morgan fingerprint density at radius 3 is 2.25 bits per heavy atom. The lowest BCUT2D eigenvalue weighted by Crippen LogP contribution is -2.84. The molecular formula is C11H16N4O5. The lowest BCUT2D eigenvalue weighted by atomic mass is 9.99. The number of carbonyl (C=O) groups is 3. The molecule has 0 aromatic carbocycles. The van der Waals surface area contributed by atoms with Crippen molar-refractivity contribution in [2.24, 2.45) is 0 Å². The van der Waals surface area contributed by atoms with Crippen molar-refractivity contribution < 1.29 is 23.9 Å². The highest BCUT2D eigenvalue weighted by Crippen LogP contribution is 2.45. The second-order valence-electron chi connectivity index (χ2n) is 5.24. The number of likely N-dealkylation sites (N-methyl/N-ethyl adjacent to an activating group) is 2. The van der Waals surface area contributed by atoms with Crippen LogP contribution >= 0.6 is 0 Å². The van der Waals surface area contributed by atoms with Gasteiger partial charge in [-0.3, -0.25) is 25.2 Å². The standard InChI is InChI=1S/C11H16N4O5/c1-5-6(2)20-11-10(19-5,14(3)9(18)13-11)7(16)12-8(17)15(11)4/h5-6H,1-4H3,(H,13,18)(H,12,16,17)/t5-,6-,10+,11-/m1/s1. The first kappa shape index (κ1) is 13.1. The van der Waals surface area contributed by atoms with Crippen molar-refractivity contribution in [2.75, 3.05) is 14.1 Å². The summed E-state index contributed by atoms with van der Waals surface area (Å²) in [4.78, 5) is 38.6. The van der Waals surface area contributed by atoms with Gasteiger partial charge in [-0.05, 0) is 13.8 Å². The van der Waals surface area contributed by atoms with Crippen molar-refractivity contribution in [3.05, 3.63) is 0 Å². The van der Waals surface area contributed by atoms with Gasteiger partial charge in [-0.25, -0.2) is 9.59 Å². The van der Waals surface area contributed by atoms with Crippen LogP contribution in [-0.4, -0.2) is 65.6 Å². The maximum atomic E-state index is 12.4. The number of nitrogens with one attached hydrogen (secondary N) is 2. The number of hydrogen-bond donors (Lipinski definition) is 2. The predicted molar refractivity (Wildman–Crippen MR) is 64.2 cm³/mol. The molecule has 9 nitrogen and oxygen atoms in total. The third-order valence-corrected chi connectivity index (χ3v) is 4.19. The summed E-state index contributed by atoms with van der Waals surface area (Å²) >= 11 is 0. The molecule has 0 unspecified atom stereocenters. The summed E-state index contributed by atoms with van der Waals surface area (Å²) in [6.07, 6.45) is -0.832. The van der Waals surface area contributed by atoms with Crippen LogP contribution in [0.25, 0.3) is 0 Å². The summed E-state index contributed by atoms with van der Waals surface area (Å²) in [7, 11) is 2.86. The lowest BCUT2D eigenvalue weighted by molar-refractivity contribution is -0.355. The predicted octanol–water partition coefficient (Wildman–Crippen LogP) is -1.00. The largest absolute Gasteiger partial charge is 0.336 e. The van der Waals surface area contributed by atoms with E-state index in [-0.39, 0.29) is 0 Å². The highest BCUT2D eigenvalue weighted by Gasteiger charge is 2.77. The second-order valence-corrected chi connectivity index (χ2v) is 5.24. The van der Waals surface area contributed by atoms with Crippen LogP contribution in [0.3, 0.4) is 0 Å². The van der Waals surface area contributed by atoms with Crippen LogP contribution in [-0.2, 0) is 14.3 Å². The zero-order valence-electron chi connectivity index (χ0n) is 11.6. The molecule has 0 saturated carbocycles. The van der Waals surface area contributed by atoms with Gasteiger partial charge in [-0.15, -0.1) is 0 Å². The van der Waals surface area contributed by atoms with E-state index in [1.54, 1.807) is 13.8 Å². The summed E-state index contributed by atoms with van der Waals surface area (Å²) in [5.41, 5.74) is -1.74. The van der Waals surface area contributed by atoms with E-state index in [2.05, 4.69) is 10.6 Å². The highest BCUT2D eigenvalue weighted by atomic mass is 16.7. The van der Waals surface area contributed by atoms with Gasteiger partial charge in [0, 0.05) is 14.1 Å². The number of amides is 5. The molecular weight excluding hydrogens is 268 g/mol. The maximum Gasteiger partial charge on any atom is 0.327 e.